The van der Waals surface area contributed by atoms with E-state index in [1.165, 1.54) is 26.2 Å². The van der Waals surface area contributed by atoms with Gasteiger partial charge in [-0.05, 0) is 42.0 Å². The molecule has 4 aromatic rings. The highest BCUT2D eigenvalue weighted by Gasteiger charge is 2.17. The lowest BCUT2D eigenvalue weighted by atomic mass is 10.1. The third-order valence-electron chi connectivity index (χ3n) is 4.59. The number of amides is 1. The average molecular weight is 424 g/mol. The monoisotopic (exact) mass is 424 g/mol. The number of hydrogen-bond donors (Lipinski definition) is 1. The molecule has 1 amide bonds. The molecule has 0 radical (unpaired) electrons. The lowest BCUT2D eigenvalue weighted by Gasteiger charge is -2.13. The number of fused-ring (bicyclic) bond motifs is 1. The molecule has 2 heterocycles. The van der Waals surface area contributed by atoms with E-state index >= 15 is 0 Å². The Morgan fingerprint density at radius 2 is 2.00 bits per heavy atom. The molecule has 0 saturated carbocycles. The zero-order valence-corrected chi connectivity index (χ0v) is 16.6. The molecule has 158 valence electrons. The Kier molecular flexibility index (Phi) is 5.12. The zero-order chi connectivity index (χ0) is 22.1. The Balaban J connectivity index is 1.84. The van der Waals surface area contributed by atoms with E-state index < -0.39 is 23.0 Å². The van der Waals surface area contributed by atoms with E-state index in [0.717, 1.165) is 20.7 Å². The van der Waals surface area contributed by atoms with Crippen LogP contribution in [-0.4, -0.2) is 27.4 Å². The number of carbonyl (C=O) groups excluding carboxylic acids is 1. The van der Waals surface area contributed by atoms with Gasteiger partial charge in [-0.1, -0.05) is 6.07 Å². The fourth-order valence-electron chi connectivity index (χ4n) is 3.16. The molecule has 0 atom stereocenters. The van der Waals surface area contributed by atoms with E-state index in [2.05, 4.69) is 10.4 Å². The number of benzene rings is 2. The number of nitrogens with zero attached hydrogens (tertiary/aromatic N) is 3. The summed E-state index contributed by atoms with van der Waals surface area (Å²) >= 11 is 0. The summed E-state index contributed by atoms with van der Waals surface area (Å²) < 4.78 is 26.3. The van der Waals surface area contributed by atoms with Crippen LogP contribution in [0.2, 0.25) is 0 Å². The van der Waals surface area contributed by atoms with Crippen LogP contribution < -0.4 is 21.3 Å². The molecule has 1 N–H and O–H groups in total. The first-order valence-corrected chi connectivity index (χ1v) is 9.19. The summed E-state index contributed by atoms with van der Waals surface area (Å²) in [6.45, 7) is 1.19. The third kappa shape index (κ3) is 3.82. The number of halogens is 1. The number of hydrogen-bond acceptors (Lipinski definition) is 6. The maximum atomic E-state index is 14.0. The van der Waals surface area contributed by atoms with Gasteiger partial charge in [0.1, 0.15) is 11.4 Å². The molecule has 0 bridgehead atoms. The van der Waals surface area contributed by atoms with Crippen LogP contribution in [-0.2, 0) is 11.3 Å². The van der Waals surface area contributed by atoms with E-state index in [1.807, 2.05) is 0 Å². The van der Waals surface area contributed by atoms with Gasteiger partial charge in [0.25, 0.3) is 5.88 Å². The Morgan fingerprint density at radius 1 is 1.19 bits per heavy atom. The molecule has 2 aromatic heterocycles. The Bertz CT molecular complexity index is 1420. The molecular formula is C21H17FN4O5. The molecule has 0 aliphatic rings. The summed E-state index contributed by atoms with van der Waals surface area (Å²) in [5.41, 5.74) is -0.0735. The molecule has 0 saturated heterocycles. The van der Waals surface area contributed by atoms with Crippen molar-refractivity contribution in [3.05, 3.63) is 80.9 Å². The van der Waals surface area contributed by atoms with Crippen LogP contribution in [0.15, 0.2) is 62.7 Å². The van der Waals surface area contributed by atoms with Crippen LogP contribution in [0.25, 0.3) is 16.7 Å². The summed E-state index contributed by atoms with van der Waals surface area (Å²) in [6, 6.07) is 10.7. The van der Waals surface area contributed by atoms with E-state index in [-0.39, 0.29) is 23.8 Å². The Morgan fingerprint density at radius 3 is 2.74 bits per heavy atom. The number of aromatic nitrogens is 3. The molecular weight excluding hydrogens is 407 g/mol. The van der Waals surface area contributed by atoms with E-state index in [1.54, 1.807) is 30.5 Å². The first kappa shape index (κ1) is 20.1. The molecule has 0 unspecified atom stereocenters. The van der Waals surface area contributed by atoms with Crippen molar-refractivity contribution >= 4 is 22.6 Å². The number of anilines is 1. The van der Waals surface area contributed by atoms with Crippen LogP contribution in [0.4, 0.5) is 10.1 Å². The highest BCUT2D eigenvalue weighted by molar-refractivity contribution is 5.89. The van der Waals surface area contributed by atoms with E-state index in [4.69, 9.17) is 9.15 Å². The summed E-state index contributed by atoms with van der Waals surface area (Å²) in [4.78, 5) is 37.1. The standard InChI is InChI=1S/C21H17FN4O5/c1-12(27)23-17-10-15(4-5-16(17)22)26-21(29)25(20(28)19(24-26)30-2)11-13-3-6-18-14(9-13)7-8-31-18/h3-10H,11H2,1-2H3,(H,23,27). The molecule has 0 aliphatic heterocycles. The van der Waals surface area contributed by atoms with Crippen molar-refractivity contribution in [3.8, 4) is 11.6 Å². The Hall–Kier alpha value is -4.21. The lowest BCUT2D eigenvalue weighted by Crippen LogP contribution is -2.41. The lowest BCUT2D eigenvalue weighted by molar-refractivity contribution is -0.114. The number of nitrogens with one attached hydrogen (secondary N) is 1. The van der Waals surface area contributed by atoms with E-state index in [0.29, 0.717) is 11.1 Å². The second-order valence-corrected chi connectivity index (χ2v) is 6.73. The van der Waals surface area contributed by atoms with Crippen LogP contribution in [0.5, 0.6) is 5.88 Å². The largest absolute Gasteiger partial charge is 0.476 e. The fraction of sp³-hybridized carbons (Fsp3) is 0.143. The van der Waals surface area contributed by atoms with Crippen molar-refractivity contribution in [3.63, 3.8) is 0 Å². The molecule has 4 rings (SSSR count). The van der Waals surface area contributed by atoms with Crippen LogP contribution in [0.1, 0.15) is 12.5 Å². The quantitative estimate of drug-likeness (QED) is 0.527. The molecule has 9 nitrogen and oxygen atoms in total. The van der Waals surface area contributed by atoms with Gasteiger partial charge in [-0.3, -0.25) is 9.59 Å². The van der Waals surface area contributed by atoms with Crippen molar-refractivity contribution in [2.24, 2.45) is 0 Å². The predicted octanol–water partition coefficient (Wildman–Crippen LogP) is 2.29. The predicted molar refractivity (Wildman–Crippen MR) is 110 cm³/mol. The van der Waals surface area contributed by atoms with Gasteiger partial charge in [-0.2, -0.15) is 4.68 Å². The smallest absolute Gasteiger partial charge is 0.352 e. The first-order valence-electron chi connectivity index (χ1n) is 9.19. The molecule has 2 aromatic carbocycles. The average Bonchev–Trinajstić information content (AvgIpc) is 3.21. The number of ether oxygens (including phenoxy) is 1. The molecule has 0 aliphatic carbocycles. The minimum absolute atomic E-state index is 0.0442. The van der Waals surface area contributed by atoms with Gasteiger partial charge in [0.05, 0.1) is 31.3 Å². The second kappa shape index (κ2) is 7.90. The van der Waals surface area contributed by atoms with Gasteiger partial charge >= 0.3 is 11.2 Å². The van der Waals surface area contributed by atoms with Crippen molar-refractivity contribution in [1.29, 1.82) is 0 Å². The van der Waals surface area contributed by atoms with Crippen LogP contribution in [0, 0.1) is 5.82 Å². The topological polar surface area (TPSA) is 108 Å². The molecule has 0 fully saturated rings. The second-order valence-electron chi connectivity index (χ2n) is 6.73. The van der Waals surface area contributed by atoms with Crippen molar-refractivity contribution < 1.29 is 18.3 Å². The number of methoxy groups -OCH3 is 1. The normalized spacial score (nSPS) is 10.9. The number of furan rings is 1. The van der Waals surface area contributed by atoms with Gasteiger partial charge in [0.15, 0.2) is 0 Å². The van der Waals surface area contributed by atoms with Crippen molar-refractivity contribution in [1.82, 2.24) is 14.3 Å². The van der Waals surface area contributed by atoms with Gasteiger partial charge in [-0.15, -0.1) is 5.10 Å². The van der Waals surface area contributed by atoms with Gasteiger partial charge < -0.3 is 14.5 Å². The number of carbonyl (C=O) groups is 1. The highest BCUT2D eigenvalue weighted by atomic mass is 19.1. The summed E-state index contributed by atoms with van der Waals surface area (Å²) in [5.74, 6) is -1.47. The van der Waals surface area contributed by atoms with Gasteiger partial charge in [0, 0.05) is 12.3 Å². The van der Waals surface area contributed by atoms with Crippen molar-refractivity contribution in [2.75, 3.05) is 12.4 Å². The summed E-state index contributed by atoms with van der Waals surface area (Å²) in [5, 5.41) is 7.12. The van der Waals surface area contributed by atoms with Gasteiger partial charge in [0.2, 0.25) is 5.91 Å². The van der Waals surface area contributed by atoms with E-state index in [9.17, 15) is 18.8 Å². The Labute approximate surface area is 174 Å². The third-order valence-corrected chi connectivity index (χ3v) is 4.59. The fourth-order valence-corrected chi connectivity index (χ4v) is 3.16. The molecule has 10 heteroatoms. The SMILES string of the molecule is COc1nn(-c2ccc(F)c(NC(C)=O)c2)c(=O)n(Cc2ccc3occc3c2)c1=O. The van der Waals surface area contributed by atoms with Gasteiger partial charge in [-0.25, -0.2) is 13.8 Å². The summed E-state index contributed by atoms with van der Waals surface area (Å²) in [6.07, 6.45) is 1.55. The maximum Gasteiger partial charge on any atom is 0.352 e. The van der Waals surface area contributed by atoms with Crippen LogP contribution in [0.3, 0.4) is 0 Å². The first-order chi connectivity index (χ1) is 14.9. The maximum absolute atomic E-state index is 14.0. The number of rotatable bonds is 5. The van der Waals surface area contributed by atoms with Crippen LogP contribution >= 0.6 is 0 Å². The molecule has 31 heavy (non-hydrogen) atoms. The summed E-state index contributed by atoms with van der Waals surface area (Å²) in [7, 11) is 1.26. The zero-order valence-electron chi connectivity index (χ0n) is 16.6. The molecule has 0 spiro atoms. The minimum atomic E-state index is -0.751. The van der Waals surface area contributed by atoms with Crippen molar-refractivity contribution in [2.45, 2.75) is 13.5 Å². The highest BCUT2D eigenvalue weighted by Crippen LogP contribution is 2.19. The minimum Gasteiger partial charge on any atom is -0.476 e.